The predicted molar refractivity (Wildman–Crippen MR) is 77.5 cm³/mol. The van der Waals surface area contributed by atoms with Crippen LogP contribution in [0.1, 0.15) is 26.7 Å². The molecule has 3 aliphatic heterocycles. The van der Waals surface area contributed by atoms with Crippen molar-refractivity contribution in [3.05, 3.63) is 0 Å². The summed E-state index contributed by atoms with van der Waals surface area (Å²) < 4.78 is 5.87. The lowest BCUT2D eigenvalue weighted by atomic mass is 9.94. The van der Waals surface area contributed by atoms with Crippen molar-refractivity contribution in [1.82, 2.24) is 15.1 Å². The molecule has 3 aliphatic rings. The minimum atomic E-state index is 0.176. The van der Waals surface area contributed by atoms with Crippen molar-refractivity contribution in [3.8, 4) is 0 Å². The van der Waals surface area contributed by atoms with Gasteiger partial charge in [0.15, 0.2) is 0 Å². The summed E-state index contributed by atoms with van der Waals surface area (Å²) in [5.74, 6) is 0.556. The number of nitrogens with zero attached hydrogens (tertiary/aromatic N) is 2. The van der Waals surface area contributed by atoms with Crippen LogP contribution in [0.2, 0.25) is 0 Å². The molecule has 20 heavy (non-hydrogen) atoms. The summed E-state index contributed by atoms with van der Waals surface area (Å²) in [6.45, 7) is 9.88. The summed E-state index contributed by atoms with van der Waals surface area (Å²) in [6, 6.07) is 0.931. The van der Waals surface area contributed by atoms with Crippen LogP contribution in [0.15, 0.2) is 0 Å². The van der Waals surface area contributed by atoms with Gasteiger partial charge in [-0.3, -0.25) is 9.69 Å². The number of likely N-dealkylation sites (tertiary alicyclic amines) is 1. The van der Waals surface area contributed by atoms with Crippen molar-refractivity contribution in [2.45, 2.75) is 44.9 Å². The van der Waals surface area contributed by atoms with Crippen LogP contribution in [-0.4, -0.2) is 73.2 Å². The van der Waals surface area contributed by atoms with Gasteiger partial charge in [-0.15, -0.1) is 0 Å². The number of piperidine rings is 1. The van der Waals surface area contributed by atoms with Crippen LogP contribution in [-0.2, 0) is 9.53 Å². The number of rotatable bonds is 3. The Hall–Kier alpha value is -0.650. The van der Waals surface area contributed by atoms with Crippen molar-refractivity contribution in [2.24, 2.45) is 5.92 Å². The van der Waals surface area contributed by atoms with Crippen LogP contribution in [0, 0.1) is 5.92 Å². The fraction of sp³-hybridized carbons (Fsp3) is 0.933. The Kier molecular flexibility index (Phi) is 4.29. The third-order valence-corrected chi connectivity index (χ3v) is 4.95. The number of hydrogen-bond donors (Lipinski definition) is 1. The fourth-order valence-corrected chi connectivity index (χ4v) is 3.73. The first-order chi connectivity index (χ1) is 9.65. The van der Waals surface area contributed by atoms with Gasteiger partial charge < -0.3 is 15.0 Å². The minimum Gasteiger partial charge on any atom is -0.374 e. The number of ether oxygens (including phenoxy) is 1. The molecule has 3 unspecified atom stereocenters. The van der Waals surface area contributed by atoms with Gasteiger partial charge in [-0.1, -0.05) is 0 Å². The summed E-state index contributed by atoms with van der Waals surface area (Å²) in [7, 11) is 0. The summed E-state index contributed by atoms with van der Waals surface area (Å²) in [5.41, 5.74) is 0. The van der Waals surface area contributed by atoms with E-state index in [2.05, 4.69) is 24.1 Å². The van der Waals surface area contributed by atoms with Crippen LogP contribution in [0.3, 0.4) is 0 Å². The Bertz CT molecular complexity index is 361. The van der Waals surface area contributed by atoms with Crippen molar-refractivity contribution in [3.63, 3.8) is 0 Å². The Balaban J connectivity index is 1.56. The van der Waals surface area contributed by atoms with Gasteiger partial charge >= 0.3 is 0 Å². The first-order valence-corrected chi connectivity index (χ1v) is 8.03. The highest BCUT2D eigenvalue weighted by Crippen LogP contribution is 2.27. The number of nitrogens with one attached hydrogen (secondary N) is 1. The molecular weight excluding hydrogens is 254 g/mol. The molecule has 0 spiro atoms. The van der Waals surface area contributed by atoms with Gasteiger partial charge in [0.1, 0.15) is 0 Å². The molecule has 0 saturated carbocycles. The zero-order valence-electron chi connectivity index (χ0n) is 12.7. The average molecular weight is 281 g/mol. The molecule has 0 aliphatic carbocycles. The van der Waals surface area contributed by atoms with Gasteiger partial charge in [0.05, 0.1) is 18.6 Å². The van der Waals surface area contributed by atoms with E-state index >= 15 is 0 Å². The second kappa shape index (κ2) is 6.00. The van der Waals surface area contributed by atoms with Crippen molar-refractivity contribution in [1.29, 1.82) is 0 Å². The molecule has 3 atom stereocenters. The van der Waals surface area contributed by atoms with E-state index in [0.29, 0.717) is 18.0 Å². The second-order valence-electron chi connectivity index (χ2n) is 6.63. The number of fused-ring (bicyclic) bond motifs is 1. The highest BCUT2D eigenvalue weighted by Gasteiger charge is 2.42. The molecule has 3 fully saturated rings. The van der Waals surface area contributed by atoms with Crippen LogP contribution in [0.4, 0.5) is 0 Å². The van der Waals surface area contributed by atoms with Crippen LogP contribution >= 0.6 is 0 Å². The van der Waals surface area contributed by atoms with Gasteiger partial charge in [0.2, 0.25) is 5.91 Å². The number of amides is 1. The molecule has 0 aromatic carbocycles. The molecule has 1 amide bonds. The third-order valence-electron chi connectivity index (χ3n) is 4.95. The Morgan fingerprint density at radius 3 is 3.00 bits per heavy atom. The smallest absolute Gasteiger partial charge is 0.227 e. The summed E-state index contributed by atoms with van der Waals surface area (Å²) in [5, 5.41) is 3.49. The first-order valence-electron chi connectivity index (χ1n) is 8.03. The molecule has 3 rings (SSSR count). The standard InChI is InChI=1S/C15H27N3O2/c1-11(2)17-6-7-20-12(8-17)9-18-10-14-13(15(18)19)4-3-5-16-14/h11-14,16H,3-10H2,1-2H3. The molecule has 5 heteroatoms. The predicted octanol–water partition coefficient (Wildman–Crippen LogP) is 0.306. The maximum Gasteiger partial charge on any atom is 0.227 e. The number of morpholine rings is 1. The first kappa shape index (κ1) is 14.3. The number of hydrogen-bond acceptors (Lipinski definition) is 4. The zero-order valence-corrected chi connectivity index (χ0v) is 12.7. The Labute approximate surface area is 121 Å². The summed E-state index contributed by atoms with van der Waals surface area (Å²) >= 11 is 0. The lowest BCUT2D eigenvalue weighted by Crippen LogP contribution is -2.50. The lowest BCUT2D eigenvalue weighted by molar-refractivity contribution is -0.134. The fourth-order valence-electron chi connectivity index (χ4n) is 3.73. The molecule has 1 N–H and O–H groups in total. The van der Waals surface area contributed by atoms with Crippen molar-refractivity contribution in [2.75, 3.05) is 39.3 Å². The average Bonchev–Trinajstić information content (AvgIpc) is 2.76. The quantitative estimate of drug-likeness (QED) is 0.808. The van der Waals surface area contributed by atoms with Crippen LogP contribution < -0.4 is 5.32 Å². The van der Waals surface area contributed by atoms with E-state index < -0.39 is 0 Å². The van der Waals surface area contributed by atoms with Gasteiger partial charge in [-0.2, -0.15) is 0 Å². The van der Waals surface area contributed by atoms with Gasteiger partial charge in [0, 0.05) is 38.3 Å². The maximum absolute atomic E-state index is 12.4. The molecular formula is C15H27N3O2. The largest absolute Gasteiger partial charge is 0.374 e. The number of carbonyl (C=O) groups excluding carboxylic acids is 1. The van der Waals surface area contributed by atoms with Crippen LogP contribution in [0.25, 0.3) is 0 Å². The normalized spacial score (nSPS) is 35.6. The van der Waals surface area contributed by atoms with E-state index in [9.17, 15) is 4.79 Å². The Morgan fingerprint density at radius 2 is 2.25 bits per heavy atom. The monoisotopic (exact) mass is 281 g/mol. The Morgan fingerprint density at radius 1 is 1.40 bits per heavy atom. The lowest BCUT2D eigenvalue weighted by Gasteiger charge is -2.37. The maximum atomic E-state index is 12.4. The van der Waals surface area contributed by atoms with Gasteiger partial charge in [-0.25, -0.2) is 0 Å². The van der Waals surface area contributed by atoms with Crippen molar-refractivity contribution < 1.29 is 9.53 Å². The SMILES string of the molecule is CC(C)N1CCOC(CN2CC3NCCCC3C2=O)C1. The molecule has 3 heterocycles. The molecule has 0 aromatic heterocycles. The molecule has 5 nitrogen and oxygen atoms in total. The van der Waals surface area contributed by atoms with E-state index in [1.807, 2.05) is 4.90 Å². The summed E-state index contributed by atoms with van der Waals surface area (Å²) in [6.07, 6.45) is 2.36. The highest BCUT2D eigenvalue weighted by molar-refractivity contribution is 5.82. The van der Waals surface area contributed by atoms with Crippen LogP contribution in [0.5, 0.6) is 0 Å². The van der Waals surface area contributed by atoms with E-state index in [1.165, 1.54) is 0 Å². The van der Waals surface area contributed by atoms with Gasteiger partial charge in [0.25, 0.3) is 0 Å². The molecule has 114 valence electrons. The molecule has 0 bridgehead atoms. The van der Waals surface area contributed by atoms with Crippen molar-refractivity contribution >= 4 is 5.91 Å². The zero-order chi connectivity index (χ0) is 14.1. The van der Waals surface area contributed by atoms with E-state index in [0.717, 1.165) is 52.2 Å². The molecule has 3 saturated heterocycles. The molecule has 0 aromatic rings. The minimum absolute atomic E-state index is 0.176. The second-order valence-corrected chi connectivity index (χ2v) is 6.63. The third kappa shape index (κ3) is 2.85. The van der Waals surface area contributed by atoms with E-state index in [4.69, 9.17) is 4.74 Å². The van der Waals surface area contributed by atoms with Gasteiger partial charge in [-0.05, 0) is 33.2 Å². The molecule has 0 radical (unpaired) electrons. The topological polar surface area (TPSA) is 44.8 Å². The van der Waals surface area contributed by atoms with E-state index in [-0.39, 0.29) is 12.0 Å². The number of carbonyl (C=O) groups is 1. The van der Waals surface area contributed by atoms with E-state index in [1.54, 1.807) is 0 Å². The highest BCUT2D eigenvalue weighted by atomic mass is 16.5. The summed E-state index contributed by atoms with van der Waals surface area (Å²) in [4.78, 5) is 16.9.